The van der Waals surface area contributed by atoms with Gasteiger partial charge in [0.2, 0.25) is 0 Å². The van der Waals surface area contributed by atoms with E-state index in [1.165, 1.54) is 24.8 Å². The van der Waals surface area contributed by atoms with Gasteiger partial charge < -0.3 is 14.8 Å². The van der Waals surface area contributed by atoms with Crippen LogP contribution in [0, 0.1) is 0 Å². The third-order valence-corrected chi connectivity index (χ3v) is 3.40. The van der Waals surface area contributed by atoms with Crippen LogP contribution >= 0.6 is 0 Å². The van der Waals surface area contributed by atoms with Gasteiger partial charge in [-0.3, -0.25) is 0 Å². The van der Waals surface area contributed by atoms with E-state index >= 15 is 0 Å². The standard InChI is InChI=1S/C14H21NO2/c1-15-14(10-17-12-6-4-7-12)11-5-3-8-13(9-11)16-2/h3,5,8-9,12,14-15H,4,6-7,10H2,1-2H3. The van der Waals surface area contributed by atoms with Gasteiger partial charge in [-0.25, -0.2) is 0 Å². The van der Waals surface area contributed by atoms with Crippen LogP contribution in [0.5, 0.6) is 5.75 Å². The van der Waals surface area contributed by atoms with Gasteiger partial charge in [0.25, 0.3) is 0 Å². The molecule has 17 heavy (non-hydrogen) atoms. The molecular formula is C14H21NO2. The van der Waals surface area contributed by atoms with Gasteiger partial charge >= 0.3 is 0 Å². The van der Waals surface area contributed by atoms with E-state index in [2.05, 4.69) is 17.4 Å². The van der Waals surface area contributed by atoms with Crippen molar-refractivity contribution in [3.05, 3.63) is 29.8 Å². The van der Waals surface area contributed by atoms with Gasteiger partial charge in [0.15, 0.2) is 0 Å². The molecule has 2 rings (SSSR count). The summed E-state index contributed by atoms with van der Waals surface area (Å²) in [5.74, 6) is 0.895. The zero-order chi connectivity index (χ0) is 12.1. The topological polar surface area (TPSA) is 30.5 Å². The summed E-state index contributed by atoms with van der Waals surface area (Å²) in [6.45, 7) is 0.730. The van der Waals surface area contributed by atoms with Gasteiger partial charge in [-0.15, -0.1) is 0 Å². The lowest BCUT2D eigenvalue weighted by atomic mass is 9.96. The van der Waals surface area contributed by atoms with Crippen molar-refractivity contribution in [2.24, 2.45) is 0 Å². The maximum atomic E-state index is 5.86. The Labute approximate surface area is 103 Å². The highest BCUT2D eigenvalue weighted by Crippen LogP contribution is 2.25. The molecule has 1 aliphatic rings. The molecule has 0 radical (unpaired) electrons. The van der Waals surface area contributed by atoms with E-state index in [4.69, 9.17) is 9.47 Å². The van der Waals surface area contributed by atoms with E-state index in [0.717, 1.165) is 12.4 Å². The number of likely N-dealkylation sites (N-methyl/N-ethyl adjacent to an activating group) is 1. The molecule has 0 aromatic heterocycles. The van der Waals surface area contributed by atoms with Crippen molar-refractivity contribution in [3.63, 3.8) is 0 Å². The summed E-state index contributed by atoms with van der Waals surface area (Å²) in [5.41, 5.74) is 1.21. The van der Waals surface area contributed by atoms with Crippen LogP contribution in [0.1, 0.15) is 30.9 Å². The lowest BCUT2D eigenvalue weighted by Crippen LogP contribution is -2.28. The molecule has 0 heterocycles. The van der Waals surface area contributed by atoms with Crippen LogP contribution in [0.25, 0.3) is 0 Å². The van der Waals surface area contributed by atoms with Crippen molar-refractivity contribution in [1.82, 2.24) is 5.32 Å². The van der Waals surface area contributed by atoms with Crippen LogP contribution in [0.2, 0.25) is 0 Å². The molecule has 0 spiro atoms. The minimum absolute atomic E-state index is 0.241. The van der Waals surface area contributed by atoms with Gasteiger partial charge in [0.05, 0.1) is 25.9 Å². The highest BCUT2D eigenvalue weighted by atomic mass is 16.5. The first kappa shape index (κ1) is 12.4. The Kier molecular flexibility index (Phi) is 4.40. The molecule has 0 bridgehead atoms. The Balaban J connectivity index is 1.94. The van der Waals surface area contributed by atoms with E-state index < -0.39 is 0 Å². The Morgan fingerprint density at radius 3 is 2.82 bits per heavy atom. The molecule has 0 aliphatic heterocycles. The van der Waals surface area contributed by atoms with Gasteiger partial charge in [-0.1, -0.05) is 12.1 Å². The highest BCUT2D eigenvalue weighted by molar-refractivity contribution is 5.30. The maximum Gasteiger partial charge on any atom is 0.119 e. The van der Waals surface area contributed by atoms with E-state index in [0.29, 0.717) is 6.10 Å². The van der Waals surface area contributed by atoms with E-state index in [-0.39, 0.29) is 6.04 Å². The molecule has 0 amide bonds. The molecule has 1 aromatic carbocycles. The molecule has 1 saturated carbocycles. The van der Waals surface area contributed by atoms with Crippen LogP contribution in [-0.2, 0) is 4.74 Å². The van der Waals surface area contributed by atoms with E-state index in [9.17, 15) is 0 Å². The molecule has 1 N–H and O–H groups in total. The van der Waals surface area contributed by atoms with Crippen LogP contribution in [0.15, 0.2) is 24.3 Å². The first-order valence-electron chi connectivity index (χ1n) is 6.26. The van der Waals surface area contributed by atoms with Crippen molar-refractivity contribution in [2.75, 3.05) is 20.8 Å². The van der Waals surface area contributed by atoms with Crippen LogP contribution in [-0.4, -0.2) is 26.9 Å². The fraction of sp³-hybridized carbons (Fsp3) is 0.571. The summed E-state index contributed by atoms with van der Waals surface area (Å²) in [6, 6.07) is 8.38. The molecule has 3 heteroatoms. The fourth-order valence-corrected chi connectivity index (χ4v) is 1.97. The van der Waals surface area contributed by atoms with Crippen molar-refractivity contribution in [1.29, 1.82) is 0 Å². The number of ether oxygens (including phenoxy) is 2. The molecule has 1 aliphatic carbocycles. The van der Waals surface area contributed by atoms with Crippen LogP contribution in [0.3, 0.4) is 0 Å². The summed E-state index contributed by atoms with van der Waals surface area (Å²) in [6.07, 6.45) is 4.23. The Hall–Kier alpha value is -1.06. The van der Waals surface area contributed by atoms with Crippen LogP contribution in [0.4, 0.5) is 0 Å². The SMILES string of the molecule is CNC(COC1CCC1)c1cccc(OC)c1. The molecule has 1 fully saturated rings. The predicted molar refractivity (Wildman–Crippen MR) is 68.4 cm³/mol. The number of benzene rings is 1. The highest BCUT2D eigenvalue weighted by Gasteiger charge is 2.20. The average molecular weight is 235 g/mol. The number of methoxy groups -OCH3 is 1. The number of nitrogens with one attached hydrogen (secondary N) is 1. The van der Waals surface area contributed by atoms with Gasteiger partial charge in [0.1, 0.15) is 5.75 Å². The Bertz CT molecular complexity index is 350. The largest absolute Gasteiger partial charge is 0.497 e. The second-order valence-corrected chi connectivity index (χ2v) is 4.50. The molecule has 1 unspecified atom stereocenters. The van der Waals surface area contributed by atoms with E-state index in [1.807, 2.05) is 19.2 Å². The Morgan fingerprint density at radius 1 is 1.41 bits per heavy atom. The molecule has 0 saturated heterocycles. The van der Waals surface area contributed by atoms with Crippen molar-refractivity contribution >= 4 is 0 Å². The third kappa shape index (κ3) is 3.20. The zero-order valence-electron chi connectivity index (χ0n) is 10.6. The number of hydrogen-bond donors (Lipinski definition) is 1. The second-order valence-electron chi connectivity index (χ2n) is 4.50. The average Bonchev–Trinajstić information content (AvgIpc) is 2.32. The lowest BCUT2D eigenvalue weighted by Gasteiger charge is -2.28. The minimum atomic E-state index is 0.241. The summed E-state index contributed by atoms with van der Waals surface area (Å²) in [5, 5.41) is 3.29. The van der Waals surface area contributed by atoms with E-state index in [1.54, 1.807) is 7.11 Å². The number of hydrogen-bond acceptors (Lipinski definition) is 3. The van der Waals surface area contributed by atoms with Gasteiger partial charge in [0, 0.05) is 0 Å². The number of rotatable bonds is 6. The smallest absolute Gasteiger partial charge is 0.119 e. The van der Waals surface area contributed by atoms with Crippen molar-refractivity contribution in [2.45, 2.75) is 31.4 Å². The fourth-order valence-electron chi connectivity index (χ4n) is 1.97. The monoisotopic (exact) mass is 235 g/mol. The Morgan fingerprint density at radius 2 is 2.24 bits per heavy atom. The van der Waals surface area contributed by atoms with Gasteiger partial charge in [-0.05, 0) is 44.0 Å². The molecule has 94 valence electrons. The van der Waals surface area contributed by atoms with Gasteiger partial charge in [-0.2, -0.15) is 0 Å². The quantitative estimate of drug-likeness (QED) is 0.822. The van der Waals surface area contributed by atoms with Crippen molar-refractivity contribution < 1.29 is 9.47 Å². The molecule has 1 aromatic rings. The predicted octanol–water partition coefficient (Wildman–Crippen LogP) is 2.52. The summed E-state index contributed by atoms with van der Waals surface area (Å²) in [4.78, 5) is 0. The van der Waals surface area contributed by atoms with Crippen molar-refractivity contribution in [3.8, 4) is 5.75 Å². The lowest BCUT2D eigenvalue weighted by molar-refractivity contribution is -0.00795. The first-order chi connectivity index (χ1) is 8.33. The molecule has 1 atom stereocenters. The summed E-state index contributed by atoms with van der Waals surface area (Å²) in [7, 11) is 3.66. The molecular weight excluding hydrogens is 214 g/mol. The zero-order valence-corrected chi connectivity index (χ0v) is 10.6. The third-order valence-electron chi connectivity index (χ3n) is 3.40. The summed E-state index contributed by atoms with van der Waals surface area (Å²) >= 11 is 0. The minimum Gasteiger partial charge on any atom is -0.497 e. The normalized spacial score (nSPS) is 17.5. The summed E-state index contributed by atoms with van der Waals surface area (Å²) < 4.78 is 11.1. The second kappa shape index (κ2) is 6.03. The first-order valence-corrected chi connectivity index (χ1v) is 6.26. The van der Waals surface area contributed by atoms with Crippen LogP contribution < -0.4 is 10.1 Å². The molecule has 3 nitrogen and oxygen atoms in total. The maximum absolute atomic E-state index is 5.86.